The number of halogens is 2. The topological polar surface area (TPSA) is 21.3 Å². The first-order chi connectivity index (χ1) is 9.19. The van der Waals surface area contributed by atoms with Gasteiger partial charge in [0.05, 0.1) is 0 Å². The molecule has 0 aliphatic carbocycles. The summed E-state index contributed by atoms with van der Waals surface area (Å²) >= 11 is 3.49. The number of ether oxygens (including phenoxy) is 1. The second-order valence-corrected chi connectivity index (χ2v) is 5.06. The Labute approximate surface area is 120 Å². The molecule has 0 aliphatic rings. The van der Waals surface area contributed by atoms with Gasteiger partial charge in [0, 0.05) is 11.0 Å². The highest BCUT2D eigenvalue weighted by atomic mass is 79.9. The van der Waals surface area contributed by atoms with Crippen molar-refractivity contribution in [3.63, 3.8) is 0 Å². The van der Waals surface area contributed by atoms with Gasteiger partial charge in [0.1, 0.15) is 18.2 Å². The fourth-order valence-electron chi connectivity index (χ4n) is 1.76. The molecule has 100 valence electrons. The predicted molar refractivity (Wildman–Crippen MR) is 77.6 cm³/mol. The summed E-state index contributed by atoms with van der Waals surface area (Å²) in [6, 6.07) is 12.2. The van der Waals surface area contributed by atoms with Crippen molar-refractivity contribution in [1.82, 2.24) is 5.32 Å². The molecule has 0 bridgehead atoms. The van der Waals surface area contributed by atoms with Crippen LogP contribution >= 0.6 is 15.9 Å². The number of nitrogens with one attached hydrogen (secondary N) is 1. The molecule has 0 spiro atoms. The first kappa shape index (κ1) is 14.0. The lowest BCUT2D eigenvalue weighted by Crippen LogP contribution is -2.06. The molecule has 0 saturated heterocycles. The Morgan fingerprint density at radius 1 is 1.21 bits per heavy atom. The van der Waals surface area contributed by atoms with E-state index in [9.17, 15) is 4.39 Å². The minimum absolute atomic E-state index is 0.243. The second kappa shape index (κ2) is 6.68. The highest BCUT2D eigenvalue weighted by Crippen LogP contribution is 2.23. The van der Waals surface area contributed by atoms with E-state index in [0.717, 1.165) is 27.9 Å². The summed E-state index contributed by atoms with van der Waals surface area (Å²) in [6.07, 6.45) is 0. The third-order valence-corrected chi connectivity index (χ3v) is 3.45. The first-order valence-electron chi connectivity index (χ1n) is 5.99. The van der Waals surface area contributed by atoms with E-state index in [2.05, 4.69) is 21.2 Å². The Hall–Kier alpha value is -1.39. The van der Waals surface area contributed by atoms with Gasteiger partial charge in [0.15, 0.2) is 0 Å². The molecule has 2 aromatic rings. The molecule has 2 aromatic carbocycles. The van der Waals surface area contributed by atoms with Crippen LogP contribution in [0.15, 0.2) is 46.9 Å². The van der Waals surface area contributed by atoms with Crippen LogP contribution in [0.1, 0.15) is 11.1 Å². The summed E-state index contributed by atoms with van der Waals surface area (Å²) in [5.74, 6) is 0.533. The average molecular weight is 324 g/mol. The fraction of sp³-hybridized carbons (Fsp3) is 0.200. The summed E-state index contributed by atoms with van der Waals surface area (Å²) in [6.45, 7) is 1.12. The average Bonchev–Trinajstić information content (AvgIpc) is 2.40. The van der Waals surface area contributed by atoms with Gasteiger partial charge in [-0.15, -0.1) is 0 Å². The Kier molecular flexibility index (Phi) is 4.93. The molecule has 0 radical (unpaired) electrons. The number of hydrogen-bond donors (Lipinski definition) is 1. The van der Waals surface area contributed by atoms with E-state index in [1.807, 2.05) is 31.3 Å². The van der Waals surface area contributed by atoms with Gasteiger partial charge in [0.2, 0.25) is 0 Å². The highest BCUT2D eigenvalue weighted by molar-refractivity contribution is 9.10. The van der Waals surface area contributed by atoms with E-state index in [0.29, 0.717) is 6.61 Å². The van der Waals surface area contributed by atoms with Crippen LogP contribution in [0.2, 0.25) is 0 Å². The van der Waals surface area contributed by atoms with Crippen molar-refractivity contribution in [2.24, 2.45) is 0 Å². The lowest BCUT2D eigenvalue weighted by Gasteiger charge is -2.10. The number of benzene rings is 2. The van der Waals surface area contributed by atoms with Crippen LogP contribution in [0, 0.1) is 5.82 Å². The molecule has 0 unspecified atom stereocenters. The van der Waals surface area contributed by atoms with Gasteiger partial charge >= 0.3 is 0 Å². The Morgan fingerprint density at radius 2 is 2.05 bits per heavy atom. The summed E-state index contributed by atoms with van der Waals surface area (Å²) < 4.78 is 19.8. The molecule has 0 aliphatic heterocycles. The molecule has 2 nitrogen and oxygen atoms in total. The molecule has 0 saturated carbocycles. The maximum absolute atomic E-state index is 13.0. The van der Waals surface area contributed by atoms with E-state index in [1.165, 1.54) is 12.1 Å². The van der Waals surface area contributed by atoms with Crippen LogP contribution in [0.5, 0.6) is 5.75 Å². The molecule has 0 atom stereocenters. The van der Waals surface area contributed by atoms with Crippen LogP contribution in [0.4, 0.5) is 4.39 Å². The van der Waals surface area contributed by atoms with Gasteiger partial charge < -0.3 is 10.1 Å². The molecule has 0 amide bonds. The molecule has 0 fully saturated rings. The van der Waals surface area contributed by atoms with Gasteiger partial charge in [-0.05, 0) is 48.5 Å². The zero-order valence-corrected chi connectivity index (χ0v) is 12.2. The minimum atomic E-state index is -0.243. The SMILES string of the molecule is CNCc1cc(OCc2cccc(F)c2)ccc1Br. The Balaban J connectivity index is 2.05. The summed E-state index contributed by atoms with van der Waals surface area (Å²) in [7, 11) is 1.90. The highest BCUT2D eigenvalue weighted by Gasteiger charge is 2.03. The van der Waals surface area contributed by atoms with Crippen molar-refractivity contribution in [3.8, 4) is 5.75 Å². The van der Waals surface area contributed by atoms with Crippen LogP contribution < -0.4 is 10.1 Å². The minimum Gasteiger partial charge on any atom is -0.489 e. The number of hydrogen-bond acceptors (Lipinski definition) is 2. The van der Waals surface area contributed by atoms with Crippen LogP contribution in [-0.4, -0.2) is 7.05 Å². The molecular weight excluding hydrogens is 309 g/mol. The van der Waals surface area contributed by atoms with Crippen LogP contribution in [-0.2, 0) is 13.2 Å². The van der Waals surface area contributed by atoms with E-state index in [4.69, 9.17) is 4.74 Å². The molecule has 0 heterocycles. The maximum atomic E-state index is 13.0. The van der Waals surface area contributed by atoms with Gasteiger partial charge in [-0.25, -0.2) is 4.39 Å². The zero-order chi connectivity index (χ0) is 13.7. The molecule has 2 rings (SSSR count). The normalized spacial score (nSPS) is 10.5. The van der Waals surface area contributed by atoms with Crippen molar-refractivity contribution in [2.45, 2.75) is 13.2 Å². The Morgan fingerprint density at radius 3 is 2.79 bits per heavy atom. The Bertz CT molecular complexity index is 560. The van der Waals surface area contributed by atoms with Crippen molar-refractivity contribution in [3.05, 3.63) is 63.9 Å². The standard InChI is InChI=1S/C15H15BrFNO/c1-18-9-12-8-14(5-6-15(12)16)19-10-11-3-2-4-13(17)7-11/h2-8,18H,9-10H2,1H3. The lowest BCUT2D eigenvalue weighted by atomic mass is 10.2. The van der Waals surface area contributed by atoms with E-state index >= 15 is 0 Å². The van der Waals surface area contributed by atoms with Gasteiger partial charge in [-0.2, -0.15) is 0 Å². The van der Waals surface area contributed by atoms with E-state index < -0.39 is 0 Å². The van der Waals surface area contributed by atoms with Crippen LogP contribution in [0.25, 0.3) is 0 Å². The third kappa shape index (κ3) is 4.04. The van der Waals surface area contributed by atoms with Gasteiger partial charge in [-0.3, -0.25) is 0 Å². The quantitative estimate of drug-likeness (QED) is 0.901. The lowest BCUT2D eigenvalue weighted by molar-refractivity contribution is 0.305. The summed E-state index contributed by atoms with van der Waals surface area (Å²) in [5.41, 5.74) is 1.94. The smallest absolute Gasteiger partial charge is 0.123 e. The van der Waals surface area contributed by atoms with Crippen LogP contribution in [0.3, 0.4) is 0 Å². The van der Waals surface area contributed by atoms with Crippen molar-refractivity contribution in [2.75, 3.05) is 7.05 Å². The second-order valence-electron chi connectivity index (χ2n) is 4.20. The molecular formula is C15H15BrFNO. The van der Waals surface area contributed by atoms with E-state index in [-0.39, 0.29) is 5.82 Å². The molecule has 1 N–H and O–H groups in total. The molecule has 19 heavy (non-hydrogen) atoms. The fourth-order valence-corrected chi connectivity index (χ4v) is 2.15. The molecule has 0 aromatic heterocycles. The van der Waals surface area contributed by atoms with Gasteiger partial charge in [0.25, 0.3) is 0 Å². The van der Waals surface area contributed by atoms with Crippen molar-refractivity contribution < 1.29 is 9.13 Å². The van der Waals surface area contributed by atoms with Gasteiger partial charge in [-0.1, -0.05) is 28.1 Å². The van der Waals surface area contributed by atoms with Crippen molar-refractivity contribution in [1.29, 1.82) is 0 Å². The number of rotatable bonds is 5. The maximum Gasteiger partial charge on any atom is 0.123 e. The van der Waals surface area contributed by atoms with E-state index in [1.54, 1.807) is 6.07 Å². The summed E-state index contributed by atoms with van der Waals surface area (Å²) in [5, 5.41) is 3.10. The monoisotopic (exact) mass is 323 g/mol. The van der Waals surface area contributed by atoms with Crippen molar-refractivity contribution >= 4 is 15.9 Å². The summed E-state index contributed by atoms with van der Waals surface area (Å²) in [4.78, 5) is 0. The third-order valence-electron chi connectivity index (χ3n) is 2.68. The first-order valence-corrected chi connectivity index (χ1v) is 6.78. The predicted octanol–water partition coefficient (Wildman–Crippen LogP) is 3.89. The largest absolute Gasteiger partial charge is 0.489 e. The molecule has 4 heteroatoms. The zero-order valence-electron chi connectivity index (χ0n) is 10.6.